The highest BCUT2D eigenvalue weighted by atomic mass is 35.5. The number of aryl methyl sites for hydroxylation is 1. The lowest BCUT2D eigenvalue weighted by molar-refractivity contribution is 0.0950. The predicted molar refractivity (Wildman–Crippen MR) is 84.9 cm³/mol. The molecule has 126 valence electrons. The van der Waals surface area contributed by atoms with Crippen molar-refractivity contribution in [3.05, 3.63) is 17.4 Å². The minimum absolute atomic E-state index is 0. The van der Waals surface area contributed by atoms with Gasteiger partial charge in [0, 0.05) is 12.6 Å². The number of sulfonamides is 1. The molecule has 0 aromatic carbocycles. The maximum absolute atomic E-state index is 12.1. The minimum atomic E-state index is -3.67. The molecule has 0 radical (unpaired) electrons. The number of halogens is 1. The van der Waals surface area contributed by atoms with Crippen molar-refractivity contribution in [3.8, 4) is 0 Å². The van der Waals surface area contributed by atoms with E-state index in [1.54, 1.807) is 6.92 Å². The quantitative estimate of drug-likeness (QED) is 0.698. The largest absolute Gasteiger partial charge is 0.448 e. The third-order valence-electron chi connectivity index (χ3n) is 3.67. The van der Waals surface area contributed by atoms with E-state index in [4.69, 9.17) is 4.42 Å². The van der Waals surface area contributed by atoms with Gasteiger partial charge in [0.2, 0.25) is 5.09 Å². The second-order valence-corrected chi connectivity index (χ2v) is 6.96. The molecule has 0 aliphatic carbocycles. The van der Waals surface area contributed by atoms with Gasteiger partial charge in [-0.3, -0.25) is 4.79 Å². The van der Waals surface area contributed by atoms with Crippen molar-refractivity contribution in [1.82, 2.24) is 15.4 Å². The Balaban J connectivity index is 0.00000242. The van der Waals surface area contributed by atoms with Gasteiger partial charge in [-0.1, -0.05) is 0 Å². The number of nitrogens with one attached hydrogen (secondary N) is 3. The molecule has 0 saturated carbocycles. The first kappa shape index (κ1) is 19.0. The zero-order valence-corrected chi connectivity index (χ0v) is 14.3. The molecule has 2 heterocycles. The van der Waals surface area contributed by atoms with Gasteiger partial charge in [-0.25, -0.2) is 13.1 Å². The lowest BCUT2D eigenvalue weighted by Crippen LogP contribution is -2.26. The standard InChI is InChI=1S/C13H21N3O4S.ClH/c1-9-11(7-12(20-9)21(18,19)14-2)13(17)16-6-4-10-3-5-15-8-10;/h7,10,14-15H,3-6,8H2,1-2H3,(H,16,17);1H. The van der Waals surface area contributed by atoms with Crippen molar-refractivity contribution in [3.63, 3.8) is 0 Å². The van der Waals surface area contributed by atoms with Crippen molar-refractivity contribution in [2.45, 2.75) is 24.9 Å². The number of carbonyl (C=O) groups excluding carboxylic acids is 1. The molecule has 1 unspecified atom stereocenters. The Labute approximate surface area is 136 Å². The van der Waals surface area contributed by atoms with Crippen LogP contribution in [0.1, 0.15) is 29.0 Å². The van der Waals surface area contributed by atoms with Gasteiger partial charge in [-0.05, 0) is 45.8 Å². The Morgan fingerprint density at radius 2 is 2.23 bits per heavy atom. The molecular formula is C13H22ClN3O4S. The van der Waals surface area contributed by atoms with Crippen molar-refractivity contribution in [2.24, 2.45) is 5.92 Å². The van der Waals surface area contributed by atoms with Crippen LogP contribution in [-0.4, -0.2) is 41.0 Å². The number of amides is 1. The summed E-state index contributed by atoms with van der Waals surface area (Å²) in [5.74, 6) is 0.583. The molecule has 9 heteroatoms. The molecule has 2 rings (SSSR count). The molecule has 1 aliphatic rings. The Bertz CT molecular complexity index is 609. The molecule has 3 N–H and O–H groups in total. The van der Waals surface area contributed by atoms with Crippen LogP contribution in [-0.2, 0) is 10.0 Å². The van der Waals surface area contributed by atoms with Crippen molar-refractivity contribution >= 4 is 28.3 Å². The lowest BCUT2D eigenvalue weighted by atomic mass is 10.1. The van der Waals surface area contributed by atoms with E-state index in [2.05, 4.69) is 15.4 Å². The van der Waals surface area contributed by atoms with E-state index in [1.165, 1.54) is 13.1 Å². The molecule has 1 aromatic rings. The van der Waals surface area contributed by atoms with Crippen LogP contribution >= 0.6 is 12.4 Å². The number of furan rings is 1. The predicted octanol–water partition coefficient (Wildman–Crippen LogP) is 0.647. The van der Waals surface area contributed by atoms with Gasteiger partial charge in [0.1, 0.15) is 5.76 Å². The lowest BCUT2D eigenvalue weighted by Gasteiger charge is -2.08. The average Bonchev–Trinajstić information content (AvgIpc) is 3.08. The summed E-state index contributed by atoms with van der Waals surface area (Å²) >= 11 is 0. The molecular weight excluding hydrogens is 330 g/mol. The summed E-state index contributed by atoms with van der Waals surface area (Å²) in [7, 11) is -2.38. The van der Waals surface area contributed by atoms with Crippen LogP contribution in [0.25, 0.3) is 0 Å². The molecule has 0 bridgehead atoms. The Morgan fingerprint density at radius 3 is 2.82 bits per heavy atom. The van der Waals surface area contributed by atoms with Gasteiger partial charge >= 0.3 is 0 Å². The van der Waals surface area contributed by atoms with Crippen LogP contribution in [0.15, 0.2) is 15.6 Å². The Hall–Kier alpha value is -1.09. The normalized spacial score (nSPS) is 18.0. The topological polar surface area (TPSA) is 100 Å². The van der Waals surface area contributed by atoms with Gasteiger partial charge in [0.05, 0.1) is 5.56 Å². The number of hydrogen-bond acceptors (Lipinski definition) is 5. The maximum atomic E-state index is 12.1. The highest BCUT2D eigenvalue weighted by Gasteiger charge is 2.22. The second kappa shape index (κ2) is 7.96. The van der Waals surface area contributed by atoms with E-state index < -0.39 is 10.0 Å². The highest BCUT2D eigenvalue weighted by Crippen LogP contribution is 2.19. The van der Waals surface area contributed by atoms with Gasteiger partial charge in [0.15, 0.2) is 0 Å². The van der Waals surface area contributed by atoms with Crippen LogP contribution < -0.4 is 15.4 Å². The van der Waals surface area contributed by atoms with E-state index in [0.29, 0.717) is 18.2 Å². The highest BCUT2D eigenvalue weighted by molar-refractivity contribution is 7.89. The van der Waals surface area contributed by atoms with Gasteiger partial charge in [-0.2, -0.15) is 0 Å². The van der Waals surface area contributed by atoms with Crippen LogP contribution in [0.4, 0.5) is 0 Å². The van der Waals surface area contributed by atoms with Crippen molar-refractivity contribution in [2.75, 3.05) is 26.7 Å². The van der Waals surface area contributed by atoms with E-state index >= 15 is 0 Å². The van der Waals surface area contributed by atoms with Gasteiger partial charge < -0.3 is 15.1 Å². The van der Waals surface area contributed by atoms with Crippen LogP contribution in [0.5, 0.6) is 0 Å². The number of hydrogen-bond donors (Lipinski definition) is 3. The summed E-state index contributed by atoms with van der Waals surface area (Å²) in [5.41, 5.74) is 0.258. The number of carbonyl (C=O) groups is 1. The van der Waals surface area contributed by atoms with Crippen LogP contribution in [0, 0.1) is 12.8 Å². The zero-order valence-electron chi connectivity index (χ0n) is 12.6. The monoisotopic (exact) mass is 351 g/mol. The number of rotatable bonds is 6. The summed E-state index contributed by atoms with van der Waals surface area (Å²) in [6.07, 6.45) is 2.04. The van der Waals surface area contributed by atoms with E-state index in [1.807, 2.05) is 0 Å². The first-order valence-corrected chi connectivity index (χ1v) is 8.45. The Kier molecular flexibility index (Phi) is 6.86. The molecule has 1 aromatic heterocycles. The molecule has 1 aliphatic heterocycles. The SMILES string of the molecule is CNS(=O)(=O)c1cc(C(=O)NCCC2CCNC2)c(C)o1.Cl. The minimum Gasteiger partial charge on any atom is -0.448 e. The van der Waals surface area contributed by atoms with Crippen LogP contribution in [0.3, 0.4) is 0 Å². The fraction of sp³-hybridized carbons (Fsp3) is 0.615. The molecule has 1 amide bonds. The second-order valence-electron chi connectivity index (χ2n) is 5.15. The van der Waals surface area contributed by atoms with E-state index in [0.717, 1.165) is 25.9 Å². The molecule has 0 spiro atoms. The van der Waals surface area contributed by atoms with E-state index in [-0.39, 0.29) is 29.0 Å². The summed E-state index contributed by atoms with van der Waals surface area (Å²) in [4.78, 5) is 12.1. The molecule has 22 heavy (non-hydrogen) atoms. The molecule has 1 atom stereocenters. The third-order valence-corrected chi connectivity index (χ3v) is 4.94. The zero-order chi connectivity index (χ0) is 15.5. The van der Waals surface area contributed by atoms with Crippen LogP contribution in [0.2, 0.25) is 0 Å². The third kappa shape index (κ3) is 4.45. The molecule has 1 saturated heterocycles. The smallest absolute Gasteiger partial charge is 0.273 e. The van der Waals surface area contributed by atoms with Gasteiger partial charge in [0.25, 0.3) is 15.9 Å². The van der Waals surface area contributed by atoms with E-state index in [9.17, 15) is 13.2 Å². The first-order valence-electron chi connectivity index (χ1n) is 6.97. The fourth-order valence-corrected chi connectivity index (χ4v) is 3.07. The van der Waals surface area contributed by atoms with Crippen molar-refractivity contribution in [1.29, 1.82) is 0 Å². The summed E-state index contributed by atoms with van der Waals surface area (Å²) in [6, 6.07) is 1.26. The summed E-state index contributed by atoms with van der Waals surface area (Å²) < 4.78 is 30.6. The Morgan fingerprint density at radius 1 is 1.50 bits per heavy atom. The summed E-state index contributed by atoms with van der Waals surface area (Å²) in [5, 5.41) is 5.84. The molecule has 1 fully saturated rings. The van der Waals surface area contributed by atoms with Crippen molar-refractivity contribution < 1.29 is 17.6 Å². The average molecular weight is 352 g/mol. The molecule has 7 nitrogen and oxygen atoms in total. The maximum Gasteiger partial charge on any atom is 0.273 e. The first-order chi connectivity index (χ1) is 9.94. The van der Waals surface area contributed by atoms with Gasteiger partial charge in [-0.15, -0.1) is 12.4 Å². The summed E-state index contributed by atoms with van der Waals surface area (Å²) in [6.45, 7) is 4.17. The fourth-order valence-electron chi connectivity index (χ4n) is 2.36.